The standard InChI is InChI=1S/C7H13N5O/c1-11(2)7(13)12-4-5(3-8)6(9)10-12/h4H,3,8H2,1-2H3,(H2,9,10). The van der Waals surface area contributed by atoms with E-state index in [1.807, 2.05) is 0 Å². The number of nitrogens with zero attached hydrogens (tertiary/aromatic N) is 3. The third-order valence-electron chi connectivity index (χ3n) is 1.62. The number of carbonyl (C=O) groups excluding carboxylic acids is 1. The van der Waals surface area contributed by atoms with Crippen LogP contribution in [-0.4, -0.2) is 34.8 Å². The zero-order valence-electron chi connectivity index (χ0n) is 7.69. The van der Waals surface area contributed by atoms with Crippen LogP contribution in [0.15, 0.2) is 6.20 Å². The largest absolute Gasteiger partial charge is 0.382 e. The van der Waals surface area contributed by atoms with E-state index < -0.39 is 0 Å². The third-order valence-corrected chi connectivity index (χ3v) is 1.62. The molecule has 0 atom stereocenters. The van der Waals surface area contributed by atoms with Gasteiger partial charge in [0.1, 0.15) is 0 Å². The molecule has 0 bridgehead atoms. The minimum Gasteiger partial charge on any atom is -0.382 e. The van der Waals surface area contributed by atoms with Crippen LogP contribution in [0.2, 0.25) is 0 Å². The highest BCUT2D eigenvalue weighted by molar-refractivity contribution is 5.76. The number of hydrogen-bond donors (Lipinski definition) is 2. The summed E-state index contributed by atoms with van der Waals surface area (Å²) in [5, 5.41) is 3.83. The predicted octanol–water partition coefficient (Wildman–Crippen LogP) is -0.546. The van der Waals surface area contributed by atoms with Crippen LogP contribution in [0, 0.1) is 0 Å². The first-order valence-electron chi connectivity index (χ1n) is 3.82. The maximum atomic E-state index is 11.4. The molecule has 6 nitrogen and oxygen atoms in total. The second-order valence-electron chi connectivity index (χ2n) is 2.87. The zero-order valence-corrected chi connectivity index (χ0v) is 7.69. The molecule has 1 heterocycles. The van der Waals surface area contributed by atoms with E-state index in [9.17, 15) is 4.79 Å². The van der Waals surface area contributed by atoms with Gasteiger partial charge in [-0.1, -0.05) is 0 Å². The molecule has 1 aromatic heterocycles. The van der Waals surface area contributed by atoms with E-state index in [1.54, 1.807) is 14.1 Å². The van der Waals surface area contributed by atoms with Gasteiger partial charge in [-0.2, -0.15) is 4.68 Å². The van der Waals surface area contributed by atoms with Crippen molar-refractivity contribution in [1.82, 2.24) is 14.7 Å². The highest BCUT2D eigenvalue weighted by Gasteiger charge is 2.11. The van der Waals surface area contributed by atoms with Gasteiger partial charge in [0, 0.05) is 32.4 Å². The van der Waals surface area contributed by atoms with Crippen molar-refractivity contribution in [1.29, 1.82) is 0 Å². The fourth-order valence-corrected chi connectivity index (χ4v) is 0.883. The summed E-state index contributed by atoms with van der Waals surface area (Å²) in [6.45, 7) is 0.284. The van der Waals surface area contributed by atoms with Crippen LogP contribution in [0.1, 0.15) is 5.56 Å². The monoisotopic (exact) mass is 183 g/mol. The molecular formula is C7H13N5O. The van der Waals surface area contributed by atoms with Crippen molar-refractivity contribution in [2.24, 2.45) is 5.73 Å². The molecule has 6 heteroatoms. The Kier molecular flexibility index (Phi) is 2.52. The van der Waals surface area contributed by atoms with Crippen molar-refractivity contribution in [3.8, 4) is 0 Å². The maximum Gasteiger partial charge on any atom is 0.344 e. The van der Waals surface area contributed by atoms with Crippen LogP contribution in [0.3, 0.4) is 0 Å². The fourth-order valence-electron chi connectivity index (χ4n) is 0.883. The van der Waals surface area contributed by atoms with Gasteiger partial charge in [0.15, 0.2) is 5.82 Å². The van der Waals surface area contributed by atoms with Crippen LogP contribution in [0.4, 0.5) is 10.6 Å². The average Bonchev–Trinajstić information content (AvgIpc) is 2.45. The van der Waals surface area contributed by atoms with Gasteiger partial charge in [-0.05, 0) is 0 Å². The summed E-state index contributed by atoms with van der Waals surface area (Å²) in [6, 6.07) is -0.244. The summed E-state index contributed by atoms with van der Waals surface area (Å²) in [4.78, 5) is 12.8. The number of nitrogens with two attached hydrogens (primary N) is 2. The molecular weight excluding hydrogens is 170 g/mol. The Morgan fingerprint density at radius 2 is 2.31 bits per heavy atom. The first-order valence-corrected chi connectivity index (χ1v) is 3.82. The van der Waals surface area contributed by atoms with Gasteiger partial charge in [-0.3, -0.25) is 0 Å². The molecule has 72 valence electrons. The lowest BCUT2D eigenvalue weighted by Gasteiger charge is -2.08. The summed E-state index contributed by atoms with van der Waals surface area (Å²) in [5.74, 6) is 0.303. The topological polar surface area (TPSA) is 90.2 Å². The van der Waals surface area contributed by atoms with E-state index in [1.165, 1.54) is 15.8 Å². The molecule has 1 aromatic rings. The molecule has 1 amide bonds. The maximum absolute atomic E-state index is 11.4. The number of aromatic nitrogens is 2. The molecule has 0 aliphatic heterocycles. The quantitative estimate of drug-likeness (QED) is 0.611. The van der Waals surface area contributed by atoms with Crippen molar-refractivity contribution in [3.63, 3.8) is 0 Å². The number of hydrogen-bond acceptors (Lipinski definition) is 4. The molecule has 0 fully saturated rings. The van der Waals surface area contributed by atoms with Crippen LogP contribution < -0.4 is 11.5 Å². The van der Waals surface area contributed by atoms with Crippen molar-refractivity contribution < 1.29 is 4.79 Å². The molecule has 0 saturated carbocycles. The van der Waals surface area contributed by atoms with Gasteiger partial charge in [-0.25, -0.2) is 4.79 Å². The van der Waals surface area contributed by atoms with Crippen LogP contribution in [0.25, 0.3) is 0 Å². The van der Waals surface area contributed by atoms with Gasteiger partial charge in [0.2, 0.25) is 0 Å². The first-order chi connectivity index (χ1) is 6.06. The minimum absolute atomic E-state index is 0.244. The summed E-state index contributed by atoms with van der Waals surface area (Å²) in [5.41, 5.74) is 11.6. The third kappa shape index (κ3) is 1.78. The van der Waals surface area contributed by atoms with Crippen molar-refractivity contribution >= 4 is 11.8 Å². The van der Waals surface area contributed by atoms with E-state index in [0.29, 0.717) is 11.4 Å². The van der Waals surface area contributed by atoms with E-state index in [2.05, 4.69) is 5.10 Å². The number of carbonyl (C=O) groups is 1. The van der Waals surface area contributed by atoms with Crippen LogP contribution >= 0.6 is 0 Å². The van der Waals surface area contributed by atoms with Crippen LogP contribution in [0.5, 0.6) is 0 Å². The number of anilines is 1. The van der Waals surface area contributed by atoms with Gasteiger partial charge >= 0.3 is 6.03 Å². The number of rotatable bonds is 1. The van der Waals surface area contributed by atoms with Crippen LogP contribution in [-0.2, 0) is 6.54 Å². The van der Waals surface area contributed by atoms with Gasteiger partial charge in [-0.15, -0.1) is 5.10 Å². The Hall–Kier alpha value is -1.56. The summed E-state index contributed by atoms with van der Waals surface area (Å²) in [6.07, 6.45) is 1.54. The lowest BCUT2D eigenvalue weighted by atomic mass is 10.3. The van der Waals surface area contributed by atoms with Gasteiger partial charge < -0.3 is 16.4 Å². The minimum atomic E-state index is -0.244. The Morgan fingerprint density at radius 3 is 2.69 bits per heavy atom. The molecule has 13 heavy (non-hydrogen) atoms. The van der Waals surface area contributed by atoms with E-state index in [0.717, 1.165) is 0 Å². The predicted molar refractivity (Wildman–Crippen MR) is 49.0 cm³/mol. The summed E-state index contributed by atoms with van der Waals surface area (Å²) in [7, 11) is 3.28. The van der Waals surface area contributed by atoms with Gasteiger partial charge in [0.25, 0.3) is 0 Å². The van der Waals surface area contributed by atoms with E-state index in [-0.39, 0.29) is 12.6 Å². The molecule has 1 rings (SSSR count). The highest BCUT2D eigenvalue weighted by Crippen LogP contribution is 2.07. The lowest BCUT2D eigenvalue weighted by molar-refractivity contribution is 0.216. The van der Waals surface area contributed by atoms with Gasteiger partial charge in [0.05, 0.1) is 0 Å². The zero-order chi connectivity index (χ0) is 10.0. The van der Waals surface area contributed by atoms with Crippen molar-refractivity contribution in [2.45, 2.75) is 6.54 Å². The smallest absolute Gasteiger partial charge is 0.344 e. The Morgan fingerprint density at radius 1 is 1.69 bits per heavy atom. The van der Waals surface area contributed by atoms with Crippen molar-refractivity contribution in [2.75, 3.05) is 19.8 Å². The van der Waals surface area contributed by atoms with E-state index >= 15 is 0 Å². The number of amides is 1. The Balaban J connectivity index is 2.97. The number of nitrogen functional groups attached to an aromatic ring is 1. The second kappa shape index (κ2) is 3.44. The molecule has 0 aromatic carbocycles. The molecule has 0 aliphatic carbocycles. The second-order valence-corrected chi connectivity index (χ2v) is 2.87. The lowest BCUT2D eigenvalue weighted by Crippen LogP contribution is -2.27. The first kappa shape index (κ1) is 9.53. The molecule has 0 unspecified atom stereocenters. The molecule has 0 aliphatic rings. The Labute approximate surface area is 76.1 Å². The highest BCUT2D eigenvalue weighted by atomic mass is 16.2. The summed E-state index contributed by atoms with van der Waals surface area (Å²) < 4.78 is 1.18. The molecule has 4 N–H and O–H groups in total. The fraction of sp³-hybridized carbons (Fsp3) is 0.429. The normalized spacial score (nSPS) is 10.1. The molecule has 0 saturated heterocycles. The Bertz CT molecular complexity index is 317. The van der Waals surface area contributed by atoms with Crippen molar-refractivity contribution in [3.05, 3.63) is 11.8 Å². The molecule has 0 spiro atoms. The molecule has 0 radical (unpaired) electrons. The van der Waals surface area contributed by atoms with E-state index in [4.69, 9.17) is 11.5 Å². The summed E-state index contributed by atoms with van der Waals surface area (Å²) >= 11 is 0. The SMILES string of the molecule is CN(C)C(=O)n1cc(CN)c(N)n1. The average molecular weight is 183 g/mol.